The molecular weight excluding hydrogens is 578 g/mol. The number of halogens is 4. The first-order chi connectivity index (χ1) is 20.1. The van der Waals surface area contributed by atoms with Crippen LogP contribution in [0, 0.1) is 6.57 Å². The van der Waals surface area contributed by atoms with E-state index in [0.29, 0.717) is 30.7 Å². The molecule has 5 rings (SSSR count). The van der Waals surface area contributed by atoms with E-state index < -0.39 is 35.1 Å². The van der Waals surface area contributed by atoms with Gasteiger partial charge in [0.25, 0.3) is 12.2 Å². The van der Waals surface area contributed by atoms with Gasteiger partial charge in [-0.3, -0.25) is 4.57 Å². The molecule has 1 aliphatic heterocycles. The maximum Gasteiger partial charge on any atom is 0.327 e. The number of benzene rings is 1. The van der Waals surface area contributed by atoms with Crippen LogP contribution in [0.4, 0.5) is 40.4 Å². The summed E-state index contributed by atoms with van der Waals surface area (Å²) in [5.74, 6) is -0.411. The minimum Gasteiger partial charge on any atom is -0.361 e. The highest BCUT2D eigenvalue weighted by molar-refractivity contribution is 7.92. The minimum absolute atomic E-state index is 0.0175. The molecule has 42 heavy (non-hydrogen) atoms. The van der Waals surface area contributed by atoms with Crippen molar-refractivity contribution in [1.29, 1.82) is 0 Å². The monoisotopic (exact) mass is 603 g/mol. The molecular formula is C27H25F4N7O3S. The molecule has 0 aliphatic carbocycles. The zero-order valence-electron chi connectivity index (χ0n) is 22.2. The highest BCUT2D eigenvalue weighted by Crippen LogP contribution is 2.38. The number of sulfonamides is 1. The molecule has 1 unspecified atom stereocenters. The van der Waals surface area contributed by atoms with Crippen LogP contribution in [0.3, 0.4) is 0 Å². The molecule has 4 aromatic rings. The van der Waals surface area contributed by atoms with Crippen LogP contribution in [-0.4, -0.2) is 47.3 Å². The van der Waals surface area contributed by atoms with E-state index in [1.807, 2.05) is 0 Å². The van der Waals surface area contributed by atoms with Crippen molar-refractivity contribution in [2.75, 3.05) is 22.5 Å². The number of rotatable bonds is 9. The van der Waals surface area contributed by atoms with Crippen LogP contribution in [0.1, 0.15) is 49.1 Å². The van der Waals surface area contributed by atoms with Crippen molar-refractivity contribution in [3.05, 3.63) is 77.2 Å². The predicted octanol–water partition coefficient (Wildman–Crippen LogP) is 6.34. The zero-order chi connectivity index (χ0) is 30.0. The van der Waals surface area contributed by atoms with Crippen LogP contribution < -0.4 is 9.62 Å². The number of ether oxygens (including phenoxy) is 1. The average molecular weight is 604 g/mol. The summed E-state index contributed by atoms with van der Waals surface area (Å²) in [6, 6.07) is 11.9. The number of fused-ring (bicyclic) bond motifs is 1. The molecule has 1 fully saturated rings. The van der Waals surface area contributed by atoms with E-state index in [-0.39, 0.29) is 44.8 Å². The van der Waals surface area contributed by atoms with E-state index in [2.05, 4.69) is 25.1 Å². The number of nitrogens with zero attached hydrogens (tertiary/aromatic N) is 6. The van der Waals surface area contributed by atoms with Crippen LogP contribution in [0.15, 0.2) is 48.5 Å². The Morgan fingerprint density at radius 3 is 2.52 bits per heavy atom. The fourth-order valence-electron chi connectivity index (χ4n) is 4.84. The van der Waals surface area contributed by atoms with E-state index in [0.717, 1.165) is 12.8 Å². The zero-order valence-corrected chi connectivity index (χ0v) is 23.0. The summed E-state index contributed by atoms with van der Waals surface area (Å²) in [6.07, 6.45) is -1.00. The van der Waals surface area contributed by atoms with Crippen LogP contribution in [0.5, 0.6) is 0 Å². The summed E-state index contributed by atoms with van der Waals surface area (Å²) >= 11 is 0. The molecule has 0 amide bonds. The number of para-hydroxylation sites is 2. The summed E-state index contributed by atoms with van der Waals surface area (Å²) in [6.45, 7) is 4.22. The van der Waals surface area contributed by atoms with Gasteiger partial charge in [-0.1, -0.05) is 24.8 Å². The maximum absolute atomic E-state index is 14.3. The van der Waals surface area contributed by atoms with Gasteiger partial charge in [0.2, 0.25) is 10.0 Å². The number of hydrogen-bond donors (Lipinski definition) is 1. The van der Waals surface area contributed by atoms with Crippen molar-refractivity contribution >= 4 is 44.1 Å². The number of nitrogens with one attached hydrogen (secondary N) is 1. The summed E-state index contributed by atoms with van der Waals surface area (Å²) in [5, 5.41) is 2.94. The third-order valence-corrected chi connectivity index (χ3v) is 7.65. The van der Waals surface area contributed by atoms with E-state index in [1.54, 1.807) is 12.1 Å². The van der Waals surface area contributed by atoms with Gasteiger partial charge in [0.05, 0.1) is 35.4 Å². The SMILES string of the molecule is [C-]#[N+]c1cccc(Cc2cc(Nc3ccccc3N(C(F)F)S(C)(=O)=O)c3nc(C(F)F)n(C4CCCCO4)c3n2)n1. The lowest BCUT2D eigenvalue weighted by atomic mass is 10.1. The Bertz CT molecular complexity index is 1750. The summed E-state index contributed by atoms with van der Waals surface area (Å²) < 4.78 is 88.1. The van der Waals surface area contributed by atoms with Crippen molar-refractivity contribution in [3.8, 4) is 0 Å². The Hall–Kier alpha value is -4.29. The summed E-state index contributed by atoms with van der Waals surface area (Å²) in [7, 11) is -4.40. The third kappa shape index (κ3) is 6.00. The standard InChI is InChI=1S/C27H25F4N7O3S/c1-32-21-11-7-8-16(33-21)14-17-15-19(35-18-9-3-4-10-20(18)38(27(30)31)42(2,39)40)23-25(34-17)37(26(36-23)24(28)29)22-12-5-6-13-41-22/h3-4,7-11,15,22,24,27H,5-6,12-14H2,2H3,(H,34,35). The second-order valence-corrected chi connectivity index (χ2v) is 11.4. The molecule has 4 heterocycles. The Morgan fingerprint density at radius 1 is 1.07 bits per heavy atom. The summed E-state index contributed by atoms with van der Waals surface area (Å²) in [4.78, 5) is 16.4. The minimum atomic E-state index is -4.40. The van der Waals surface area contributed by atoms with Gasteiger partial charge in [0.15, 0.2) is 11.5 Å². The molecule has 0 saturated carbocycles. The Balaban J connectivity index is 1.70. The van der Waals surface area contributed by atoms with Crippen LogP contribution in [0.25, 0.3) is 16.0 Å². The summed E-state index contributed by atoms with van der Waals surface area (Å²) in [5.41, 5.74) is 0.672. The maximum atomic E-state index is 14.3. The Kier molecular flexibility index (Phi) is 8.28. The average Bonchev–Trinajstić information content (AvgIpc) is 3.34. The quantitative estimate of drug-likeness (QED) is 0.135. The van der Waals surface area contributed by atoms with Crippen LogP contribution >= 0.6 is 0 Å². The van der Waals surface area contributed by atoms with Crippen LogP contribution in [-0.2, 0) is 21.2 Å². The van der Waals surface area contributed by atoms with Crippen LogP contribution in [0.2, 0.25) is 0 Å². The first-order valence-corrected chi connectivity index (χ1v) is 14.7. The largest absolute Gasteiger partial charge is 0.361 e. The first-order valence-electron chi connectivity index (χ1n) is 12.9. The Labute approximate surface area is 238 Å². The normalized spacial score (nSPS) is 15.7. The number of hydrogen-bond acceptors (Lipinski definition) is 7. The highest BCUT2D eigenvalue weighted by Gasteiger charge is 2.31. The predicted molar refractivity (Wildman–Crippen MR) is 148 cm³/mol. The van der Waals surface area contributed by atoms with E-state index in [9.17, 15) is 26.0 Å². The van der Waals surface area contributed by atoms with Gasteiger partial charge in [0, 0.05) is 6.61 Å². The smallest absolute Gasteiger partial charge is 0.327 e. The number of imidazole rings is 1. The second kappa shape index (κ2) is 11.9. The molecule has 0 spiro atoms. The molecule has 1 aliphatic rings. The van der Waals surface area contributed by atoms with Gasteiger partial charge in [-0.25, -0.2) is 31.5 Å². The fraction of sp³-hybridized carbons (Fsp3) is 0.333. The molecule has 0 radical (unpaired) electrons. The van der Waals surface area contributed by atoms with Gasteiger partial charge < -0.3 is 14.9 Å². The lowest BCUT2D eigenvalue weighted by molar-refractivity contribution is -0.0363. The number of aromatic nitrogens is 4. The fourth-order valence-corrected chi connectivity index (χ4v) is 5.65. The molecule has 1 saturated heterocycles. The second-order valence-electron chi connectivity index (χ2n) is 9.55. The molecule has 3 aromatic heterocycles. The van der Waals surface area contributed by atoms with Gasteiger partial charge in [-0.15, -0.1) is 4.98 Å². The molecule has 220 valence electrons. The van der Waals surface area contributed by atoms with E-state index in [1.165, 1.54) is 41.0 Å². The molecule has 1 aromatic carbocycles. The molecule has 15 heteroatoms. The molecule has 1 N–H and O–H groups in total. The molecule has 1 atom stereocenters. The third-order valence-electron chi connectivity index (χ3n) is 6.58. The number of anilines is 3. The Morgan fingerprint density at radius 2 is 1.86 bits per heavy atom. The molecule has 0 bridgehead atoms. The lowest BCUT2D eigenvalue weighted by Gasteiger charge is -2.25. The van der Waals surface area contributed by atoms with Gasteiger partial charge in [0.1, 0.15) is 17.4 Å². The lowest BCUT2D eigenvalue weighted by Crippen LogP contribution is -2.35. The van der Waals surface area contributed by atoms with Gasteiger partial charge in [-0.2, -0.15) is 8.78 Å². The van der Waals surface area contributed by atoms with E-state index in [4.69, 9.17) is 11.3 Å². The van der Waals surface area contributed by atoms with Crippen molar-refractivity contribution in [2.45, 2.75) is 44.9 Å². The van der Waals surface area contributed by atoms with Crippen molar-refractivity contribution < 1.29 is 30.7 Å². The van der Waals surface area contributed by atoms with E-state index >= 15 is 0 Å². The number of pyridine rings is 2. The van der Waals surface area contributed by atoms with Gasteiger partial charge in [-0.05, 0) is 49.6 Å². The van der Waals surface area contributed by atoms with Crippen molar-refractivity contribution in [2.24, 2.45) is 0 Å². The van der Waals surface area contributed by atoms with Crippen molar-refractivity contribution in [1.82, 2.24) is 19.5 Å². The topological polar surface area (TPSA) is 107 Å². The van der Waals surface area contributed by atoms with Gasteiger partial charge >= 0.3 is 6.55 Å². The van der Waals surface area contributed by atoms with Crippen molar-refractivity contribution in [3.63, 3.8) is 0 Å². The number of alkyl halides is 4. The first kappa shape index (κ1) is 29.2. The molecule has 10 nitrogen and oxygen atoms in total. The highest BCUT2D eigenvalue weighted by atomic mass is 32.2.